The largest absolute Gasteiger partial charge is 0.388 e. The fourth-order valence-corrected chi connectivity index (χ4v) is 3.70. The molecule has 0 spiro atoms. The smallest absolute Gasteiger partial charge is 0.0787 e. The van der Waals surface area contributed by atoms with Crippen LogP contribution < -0.4 is 4.90 Å². The standard InChI is InChI=1S/C18H28N2O/c1-2-18(21)15-6-8-16(9-7-15)20-13-10-17(14-20)19-11-4-3-5-12-19/h6-9,17-18,21H,2-5,10-14H2,1H3/t17?,18-/m0/s1. The predicted molar refractivity (Wildman–Crippen MR) is 87.7 cm³/mol. The molecule has 3 heteroatoms. The van der Waals surface area contributed by atoms with E-state index in [-0.39, 0.29) is 6.10 Å². The molecule has 1 N–H and O–H groups in total. The highest BCUT2D eigenvalue weighted by molar-refractivity contribution is 5.49. The molecule has 0 aliphatic carbocycles. The minimum absolute atomic E-state index is 0.321. The van der Waals surface area contributed by atoms with E-state index in [0.717, 1.165) is 31.1 Å². The third-order valence-electron chi connectivity index (χ3n) is 5.10. The van der Waals surface area contributed by atoms with Crippen LogP contribution in [0.25, 0.3) is 0 Å². The summed E-state index contributed by atoms with van der Waals surface area (Å²) >= 11 is 0. The summed E-state index contributed by atoms with van der Waals surface area (Å²) in [5.41, 5.74) is 2.34. The summed E-state index contributed by atoms with van der Waals surface area (Å²) in [7, 11) is 0. The molecule has 2 heterocycles. The van der Waals surface area contributed by atoms with Crippen LogP contribution in [0.4, 0.5) is 5.69 Å². The highest BCUT2D eigenvalue weighted by atomic mass is 16.3. The number of piperidine rings is 1. The Morgan fingerprint density at radius 2 is 1.81 bits per heavy atom. The molecule has 1 aromatic rings. The number of hydrogen-bond donors (Lipinski definition) is 1. The Bertz CT molecular complexity index is 439. The number of nitrogens with zero attached hydrogens (tertiary/aromatic N) is 2. The van der Waals surface area contributed by atoms with Crippen LogP contribution in [0.15, 0.2) is 24.3 Å². The van der Waals surface area contributed by atoms with Crippen molar-refractivity contribution < 1.29 is 5.11 Å². The van der Waals surface area contributed by atoms with Crippen molar-refractivity contribution in [2.24, 2.45) is 0 Å². The van der Waals surface area contributed by atoms with Crippen LogP contribution in [0.3, 0.4) is 0 Å². The van der Waals surface area contributed by atoms with E-state index < -0.39 is 0 Å². The van der Waals surface area contributed by atoms with Crippen LogP contribution in [0, 0.1) is 0 Å². The maximum Gasteiger partial charge on any atom is 0.0787 e. The maximum absolute atomic E-state index is 9.88. The van der Waals surface area contributed by atoms with Gasteiger partial charge in [-0.3, -0.25) is 4.90 Å². The van der Waals surface area contributed by atoms with Gasteiger partial charge >= 0.3 is 0 Å². The van der Waals surface area contributed by atoms with Gasteiger partial charge in [0.25, 0.3) is 0 Å². The molecule has 0 radical (unpaired) electrons. The van der Waals surface area contributed by atoms with Crippen LogP contribution in [-0.2, 0) is 0 Å². The Morgan fingerprint density at radius 1 is 1.10 bits per heavy atom. The zero-order chi connectivity index (χ0) is 14.7. The molecule has 0 aromatic heterocycles. The number of hydrogen-bond acceptors (Lipinski definition) is 3. The molecule has 3 rings (SSSR count). The lowest BCUT2D eigenvalue weighted by molar-refractivity contribution is 0.173. The molecule has 1 aromatic carbocycles. The van der Waals surface area contributed by atoms with Gasteiger partial charge in [0, 0.05) is 24.8 Å². The van der Waals surface area contributed by atoms with Gasteiger partial charge in [-0.1, -0.05) is 25.5 Å². The molecule has 2 fully saturated rings. The normalized spacial score (nSPS) is 25.2. The summed E-state index contributed by atoms with van der Waals surface area (Å²) in [6.45, 7) is 6.93. The molecule has 2 atom stereocenters. The van der Waals surface area contributed by atoms with E-state index in [1.807, 2.05) is 6.92 Å². The van der Waals surface area contributed by atoms with Crippen LogP contribution in [-0.4, -0.2) is 42.2 Å². The lowest BCUT2D eigenvalue weighted by atomic mass is 10.1. The van der Waals surface area contributed by atoms with E-state index in [0.29, 0.717) is 0 Å². The first-order valence-corrected chi connectivity index (χ1v) is 8.55. The molecule has 21 heavy (non-hydrogen) atoms. The van der Waals surface area contributed by atoms with Crippen molar-refractivity contribution in [3.8, 4) is 0 Å². The number of benzene rings is 1. The summed E-state index contributed by atoms with van der Waals surface area (Å²) < 4.78 is 0. The van der Waals surface area contributed by atoms with E-state index >= 15 is 0 Å². The summed E-state index contributed by atoms with van der Waals surface area (Å²) in [6, 6.07) is 9.25. The molecule has 2 saturated heterocycles. The van der Waals surface area contributed by atoms with E-state index in [4.69, 9.17) is 0 Å². The van der Waals surface area contributed by atoms with Gasteiger partial charge in [-0.15, -0.1) is 0 Å². The van der Waals surface area contributed by atoms with E-state index in [1.165, 1.54) is 44.5 Å². The van der Waals surface area contributed by atoms with Crippen molar-refractivity contribution in [3.05, 3.63) is 29.8 Å². The van der Waals surface area contributed by atoms with Gasteiger partial charge in [-0.2, -0.15) is 0 Å². The minimum Gasteiger partial charge on any atom is -0.388 e. The fourth-order valence-electron chi connectivity index (χ4n) is 3.70. The second-order valence-corrected chi connectivity index (χ2v) is 6.50. The number of anilines is 1. The number of aliphatic hydroxyl groups excluding tert-OH is 1. The molecule has 0 amide bonds. The van der Waals surface area contributed by atoms with Crippen molar-refractivity contribution in [2.75, 3.05) is 31.1 Å². The molecule has 2 aliphatic heterocycles. The SMILES string of the molecule is CC[C@H](O)c1ccc(N2CCC(N3CCCCC3)C2)cc1. The number of likely N-dealkylation sites (tertiary alicyclic amines) is 1. The minimum atomic E-state index is -0.321. The van der Waals surface area contributed by atoms with Gasteiger partial charge in [0.1, 0.15) is 0 Å². The van der Waals surface area contributed by atoms with E-state index in [9.17, 15) is 5.11 Å². The zero-order valence-corrected chi connectivity index (χ0v) is 13.2. The molecule has 0 bridgehead atoms. The zero-order valence-electron chi connectivity index (χ0n) is 13.2. The molecule has 0 saturated carbocycles. The highest BCUT2D eigenvalue weighted by Gasteiger charge is 2.28. The molecule has 116 valence electrons. The second kappa shape index (κ2) is 6.80. The van der Waals surface area contributed by atoms with Crippen LogP contribution in [0.5, 0.6) is 0 Å². The van der Waals surface area contributed by atoms with Crippen LogP contribution in [0.2, 0.25) is 0 Å². The average molecular weight is 288 g/mol. The van der Waals surface area contributed by atoms with Crippen molar-refractivity contribution >= 4 is 5.69 Å². The second-order valence-electron chi connectivity index (χ2n) is 6.50. The van der Waals surface area contributed by atoms with Crippen molar-refractivity contribution in [2.45, 2.75) is 51.2 Å². The monoisotopic (exact) mass is 288 g/mol. The first-order valence-electron chi connectivity index (χ1n) is 8.55. The highest BCUT2D eigenvalue weighted by Crippen LogP contribution is 2.26. The summed E-state index contributed by atoms with van der Waals surface area (Å²) in [5, 5.41) is 9.88. The molecular weight excluding hydrogens is 260 g/mol. The fraction of sp³-hybridized carbons (Fsp3) is 0.667. The van der Waals surface area contributed by atoms with Gasteiger partial charge in [0.05, 0.1) is 6.10 Å². The maximum atomic E-state index is 9.88. The molecule has 2 aliphatic rings. The van der Waals surface area contributed by atoms with Crippen molar-refractivity contribution in [1.29, 1.82) is 0 Å². The Balaban J connectivity index is 1.60. The first-order chi connectivity index (χ1) is 10.3. The third kappa shape index (κ3) is 3.41. The number of aliphatic hydroxyl groups is 1. The average Bonchev–Trinajstić information content (AvgIpc) is 3.05. The first kappa shape index (κ1) is 14.9. The topological polar surface area (TPSA) is 26.7 Å². The predicted octanol–water partition coefficient (Wildman–Crippen LogP) is 3.19. The van der Waals surface area contributed by atoms with E-state index in [1.54, 1.807) is 0 Å². The third-order valence-corrected chi connectivity index (χ3v) is 5.10. The summed E-state index contributed by atoms with van der Waals surface area (Å²) in [4.78, 5) is 5.19. The quantitative estimate of drug-likeness (QED) is 0.921. The molecule has 1 unspecified atom stereocenters. The summed E-state index contributed by atoms with van der Waals surface area (Å²) in [6.07, 6.45) is 5.91. The van der Waals surface area contributed by atoms with Gasteiger partial charge in [0.15, 0.2) is 0 Å². The van der Waals surface area contributed by atoms with Crippen LogP contribution >= 0.6 is 0 Å². The van der Waals surface area contributed by atoms with Crippen molar-refractivity contribution in [3.63, 3.8) is 0 Å². The summed E-state index contributed by atoms with van der Waals surface area (Å²) in [5.74, 6) is 0. The van der Waals surface area contributed by atoms with Gasteiger partial charge in [-0.25, -0.2) is 0 Å². The Labute approximate surface area is 128 Å². The Morgan fingerprint density at radius 3 is 2.48 bits per heavy atom. The van der Waals surface area contributed by atoms with Gasteiger partial charge in [0.2, 0.25) is 0 Å². The Kier molecular flexibility index (Phi) is 4.81. The lowest BCUT2D eigenvalue weighted by Crippen LogP contribution is -2.40. The lowest BCUT2D eigenvalue weighted by Gasteiger charge is -2.32. The molecule has 3 nitrogen and oxygen atoms in total. The van der Waals surface area contributed by atoms with Crippen LogP contribution in [0.1, 0.15) is 50.7 Å². The van der Waals surface area contributed by atoms with E-state index in [2.05, 4.69) is 34.1 Å². The van der Waals surface area contributed by atoms with Crippen molar-refractivity contribution in [1.82, 2.24) is 4.90 Å². The van der Waals surface area contributed by atoms with Gasteiger partial charge in [-0.05, 0) is 56.5 Å². The number of rotatable bonds is 4. The van der Waals surface area contributed by atoms with Gasteiger partial charge < -0.3 is 10.0 Å². The molecular formula is C18H28N2O. The Hall–Kier alpha value is -1.06.